The summed E-state index contributed by atoms with van der Waals surface area (Å²) in [6.45, 7) is 7.13. The van der Waals surface area contributed by atoms with Crippen LogP contribution in [0.4, 0.5) is 4.39 Å². The van der Waals surface area contributed by atoms with Crippen LogP contribution in [0.2, 0.25) is 0 Å². The number of halogens is 1. The number of hydrogen-bond donors (Lipinski definition) is 1. The molecule has 0 aliphatic carbocycles. The summed E-state index contributed by atoms with van der Waals surface area (Å²) < 4.78 is 15.0. The molecule has 2 heterocycles. The smallest absolute Gasteiger partial charge is 0.146 e. The highest BCUT2D eigenvalue weighted by molar-refractivity contribution is 5.18. The third kappa shape index (κ3) is 4.42. The molecule has 1 fully saturated rings. The van der Waals surface area contributed by atoms with E-state index in [9.17, 15) is 9.50 Å². The maximum absolute atomic E-state index is 13.0. The highest BCUT2D eigenvalue weighted by Crippen LogP contribution is 2.16. The number of aryl methyl sites for hydroxylation is 1. The van der Waals surface area contributed by atoms with Crippen LogP contribution >= 0.6 is 0 Å². The van der Waals surface area contributed by atoms with Crippen molar-refractivity contribution in [1.29, 1.82) is 0 Å². The van der Waals surface area contributed by atoms with Crippen molar-refractivity contribution in [1.82, 2.24) is 24.6 Å². The predicted octanol–water partition coefficient (Wildman–Crippen LogP) is 1.37. The number of β-amino-alcohol motifs (C(OH)–C–C–N with tert-alkyl or cyclic N) is 1. The number of benzene rings is 1. The lowest BCUT2D eigenvalue weighted by Crippen LogP contribution is -2.47. The van der Waals surface area contributed by atoms with Crippen molar-refractivity contribution in [2.24, 2.45) is 7.05 Å². The van der Waals surface area contributed by atoms with Crippen LogP contribution in [0.15, 0.2) is 24.3 Å². The monoisotopic (exact) mass is 347 g/mol. The molecule has 25 heavy (non-hydrogen) atoms. The van der Waals surface area contributed by atoms with E-state index in [4.69, 9.17) is 0 Å². The molecule has 0 unspecified atom stereocenters. The highest BCUT2D eigenvalue weighted by atomic mass is 19.1. The zero-order valence-electron chi connectivity index (χ0n) is 14.9. The minimum absolute atomic E-state index is 0.278. The average molecular weight is 347 g/mol. The lowest BCUT2D eigenvalue weighted by atomic mass is 10.1. The molecule has 3 rings (SSSR count). The topological polar surface area (TPSA) is 57.4 Å². The fourth-order valence-corrected chi connectivity index (χ4v) is 3.21. The zero-order chi connectivity index (χ0) is 17.8. The summed E-state index contributed by atoms with van der Waals surface area (Å²) >= 11 is 0. The van der Waals surface area contributed by atoms with Gasteiger partial charge in [0.25, 0.3) is 0 Å². The Morgan fingerprint density at radius 2 is 1.64 bits per heavy atom. The van der Waals surface area contributed by atoms with E-state index in [1.54, 1.807) is 12.1 Å². The van der Waals surface area contributed by atoms with E-state index in [0.717, 1.165) is 56.4 Å². The van der Waals surface area contributed by atoms with Crippen molar-refractivity contribution >= 4 is 0 Å². The number of aromatic nitrogens is 3. The molecule has 6 nitrogen and oxygen atoms in total. The normalized spacial score (nSPS) is 17.8. The number of piperazine rings is 1. The van der Waals surface area contributed by atoms with Crippen molar-refractivity contribution in [3.63, 3.8) is 0 Å². The summed E-state index contributed by atoms with van der Waals surface area (Å²) in [6, 6.07) is 6.08. The van der Waals surface area contributed by atoms with Crippen molar-refractivity contribution in [3.05, 3.63) is 47.3 Å². The summed E-state index contributed by atoms with van der Waals surface area (Å²) in [5.74, 6) is 1.73. The van der Waals surface area contributed by atoms with Crippen LogP contribution in [0, 0.1) is 5.82 Å². The Kier molecular flexibility index (Phi) is 5.78. The van der Waals surface area contributed by atoms with Gasteiger partial charge in [-0.3, -0.25) is 9.80 Å². The third-order valence-corrected chi connectivity index (χ3v) is 4.89. The molecule has 1 N–H and O–H groups in total. The Labute approximate surface area is 147 Å². The summed E-state index contributed by atoms with van der Waals surface area (Å²) in [4.78, 5) is 4.61. The third-order valence-electron chi connectivity index (χ3n) is 4.89. The first-order valence-corrected chi connectivity index (χ1v) is 8.82. The molecule has 136 valence electrons. The number of rotatable bonds is 6. The van der Waals surface area contributed by atoms with E-state index in [1.807, 2.05) is 7.05 Å². The molecule has 1 saturated heterocycles. The largest absolute Gasteiger partial charge is 0.387 e. The van der Waals surface area contributed by atoms with Crippen molar-refractivity contribution in [3.8, 4) is 0 Å². The first kappa shape index (κ1) is 18.0. The number of hydrogen-bond acceptors (Lipinski definition) is 5. The maximum Gasteiger partial charge on any atom is 0.146 e. The number of aliphatic hydroxyl groups excluding tert-OH is 1. The fourth-order valence-electron chi connectivity index (χ4n) is 3.21. The van der Waals surface area contributed by atoms with Crippen LogP contribution < -0.4 is 0 Å². The van der Waals surface area contributed by atoms with E-state index < -0.39 is 6.10 Å². The minimum atomic E-state index is -0.585. The molecular weight excluding hydrogens is 321 g/mol. The molecule has 2 aromatic rings. The van der Waals surface area contributed by atoms with Gasteiger partial charge in [-0.25, -0.2) is 4.39 Å². The molecule has 7 heteroatoms. The Morgan fingerprint density at radius 3 is 2.24 bits per heavy atom. The highest BCUT2D eigenvalue weighted by Gasteiger charge is 2.21. The van der Waals surface area contributed by atoms with Gasteiger partial charge in [0.15, 0.2) is 0 Å². The van der Waals surface area contributed by atoms with Crippen LogP contribution in [0.25, 0.3) is 0 Å². The zero-order valence-corrected chi connectivity index (χ0v) is 14.9. The molecule has 1 aliphatic heterocycles. The van der Waals surface area contributed by atoms with E-state index in [2.05, 4.69) is 31.5 Å². The molecule has 1 aromatic heterocycles. The first-order chi connectivity index (χ1) is 12.1. The van der Waals surface area contributed by atoms with Gasteiger partial charge < -0.3 is 9.67 Å². The van der Waals surface area contributed by atoms with Crippen molar-refractivity contribution in [2.45, 2.75) is 26.0 Å². The molecule has 0 spiro atoms. The molecule has 1 aliphatic rings. The predicted molar refractivity (Wildman–Crippen MR) is 93.5 cm³/mol. The maximum atomic E-state index is 13.0. The van der Waals surface area contributed by atoms with Gasteiger partial charge in [-0.2, -0.15) is 0 Å². The van der Waals surface area contributed by atoms with Crippen LogP contribution in [0.1, 0.15) is 30.2 Å². The Balaban J connectivity index is 1.48. The average Bonchev–Trinajstić information content (AvgIpc) is 2.97. The molecular formula is C18H26FN5O. The van der Waals surface area contributed by atoms with E-state index in [-0.39, 0.29) is 5.82 Å². The van der Waals surface area contributed by atoms with Gasteiger partial charge in [0, 0.05) is 46.2 Å². The van der Waals surface area contributed by atoms with Crippen molar-refractivity contribution < 1.29 is 9.50 Å². The summed E-state index contributed by atoms with van der Waals surface area (Å²) in [7, 11) is 2.02. The van der Waals surface area contributed by atoms with Gasteiger partial charge in [-0.15, -0.1) is 10.2 Å². The Hall–Kier alpha value is -1.83. The Morgan fingerprint density at radius 1 is 1.04 bits per heavy atom. The van der Waals surface area contributed by atoms with Crippen LogP contribution in [0.3, 0.4) is 0 Å². The molecule has 0 radical (unpaired) electrons. The summed E-state index contributed by atoms with van der Waals surface area (Å²) in [5.41, 5.74) is 0.759. The lowest BCUT2D eigenvalue weighted by Gasteiger charge is -2.35. The number of aliphatic hydroxyl groups is 1. The molecule has 1 atom stereocenters. The van der Waals surface area contributed by atoms with Crippen LogP contribution in [0.5, 0.6) is 0 Å². The number of nitrogens with zero attached hydrogens (tertiary/aromatic N) is 5. The van der Waals surface area contributed by atoms with Gasteiger partial charge in [0.2, 0.25) is 0 Å². The quantitative estimate of drug-likeness (QED) is 0.855. The van der Waals surface area contributed by atoms with E-state index in [0.29, 0.717) is 6.54 Å². The SMILES string of the molecule is CCc1nnc(CN2CCN(C[C@@H](O)c3ccc(F)cc3)CC2)n1C. The van der Waals surface area contributed by atoms with Crippen LogP contribution in [-0.2, 0) is 20.0 Å². The summed E-state index contributed by atoms with van der Waals surface area (Å²) in [6.07, 6.45) is 0.302. The van der Waals surface area contributed by atoms with Gasteiger partial charge in [-0.1, -0.05) is 19.1 Å². The summed E-state index contributed by atoms with van der Waals surface area (Å²) in [5, 5.41) is 18.8. The second kappa shape index (κ2) is 8.03. The van der Waals surface area contributed by atoms with Crippen LogP contribution in [-0.4, -0.2) is 62.4 Å². The lowest BCUT2D eigenvalue weighted by molar-refractivity contribution is 0.0689. The fraction of sp³-hybridized carbons (Fsp3) is 0.556. The minimum Gasteiger partial charge on any atom is -0.387 e. The first-order valence-electron chi connectivity index (χ1n) is 8.82. The van der Waals surface area contributed by atoms with Crippen molar-refractivity contribution in [2.75, 3.05) is 32.7 Å². The second-order valence-electron chi connectivity index (χ2n) is 6.59. The van der Waals surface area contributed by atoms with Gasteiger partial charge in [0.1, 0.15) is 17.5 Å². The molecule has 0 saturated carbocycles. The van der Waals surface area contributed by atoms with E-state index in [1.165, 1.54) is 12.1 Å². The molecule has 1 aromatic carbocycles. The molecule has 0 bridgehead atoms. The second-order valence-corrected chi connectivity index (χ2v) is 6.59. The van der Waals surface area contributed by atoms with Gasteiger partial charge >= 0.3 is 0 Å². The van der Waals surface area contributed by atoms with Gasteiger partial charge in [-0.05, 0) is 17.7 Å². The van der Waals surface area contributed by atoms with Gasteiger partial charge in [0.05, 0.1) is 12.6 Å². The standard InChI is InChI=1S/C18H26FN5O/c1-3-17-20-21-18(22(17)2)13-24-10-8-23(9-11-24)12-16(25)14-4-6-15(19)7-5-14/h4-7,16,25H,3,8-13H2,1-2H3/t16-/m1/s1. The molecule has 0 amide bonds. The Bertz CT molecular complexity index is 679. The van der Waals surface area contributed by atoms with E-state index >= 15 is 0 Å².